The van der Waals surface area contributed by atoms with Crippen LogP contribution >= 0.6 is 0 Å². The summed E-state index contributed by atoms with van der Waals surface area (Å²) in [5, 5.41) is 48.2. The molecule has 1 aromatic carbocycles. The Morgan fingerprint density at radius 1 is 1.12 bits per heavy atom. The number of aliphatic hydroxyl groups is 3. The summed E-state index contributed by atoms with van der Waals surface area (Å²) in [5.74, 6) is -7.58. The topological polar surface area (TPSA) is 197 Å². The first-order valence-corrected chi connectivity index (χ1v) is 13.9. The van der Waals surface area contributed by atoms with Crippen LogP contribution in [0.25, 0.3) is 0 Å². The number of hydrogen-bond acceptors (Lipinski definition) is 11. The maximum absolute atomic E-state index is 14.1. The summed E-state index contributed by atoms with van der Waals surface area (Å²) in [5.41, 5.74) is 2.47. The van der Waals surface area contributed by atoms with Crippen molar-refractivity contribution in [1.29, 1.82) is 0 Å². The lowest BCUT2D eigenvalue weighted by atomic mass is 9.58. The van der Waals surface area contributed by atoms with Crippen molar-refractivity contribution in [1.82, 2.24) is 9.80 Å². The first-order valence-electron chi connectivity index (χ1n) is 13.9. The highest BCUT2D eigenvalue weighted by molar-refractivity contribution is 6.25. The van der Waals surface area contributed by atoms with E-state index in [0.29, 0.717) is 11.3 Å². The van der Waals surface area contributed by atoms with E-state index in [1.54, 1.807) is 39.2 Å². The van der Waals surface area contributed by atoms with Gasteiger partial charge in [-0.1, -0.05) is 0 Å². The largest absolute Gasteiger partial charge is 0.510 e. The number of aliphatic hydroxyl groups excluding tert-OH is 2. The van der Waals surface area contributed by atoms with E-state index in [1.165, 1.54) is 4.90 Å². The Labute approximate surface area is 242 Å². The first-order chi connectivity index (χ1) is 19.7. The van der Waals surface area contributed by atoms with Crippen LogP contribution in [0, 0.1) is 11.8 Å². The second-order valence-electron chi connectivity index (χ2n) is 12.0. The molecular formula is C29H37N5O8. The Morgan fingerprint density at radius 3 is 2.33 bits per heavy atom. The van der Waals surface area contributed by atoms with Crippen LogP contribution in [-0.4, -0.2) is 113 Å². The van der Waals surface area contributed by atoms with Crippen LogP contribution in [-0.2, 0) is 20.8 Å². The molecule has 7 N–H and O–H groups in total. The zero-order chi connectivity index (χ0) is 30.8. The van der Waals surface area contributed by atoms with Gasteiger partial charge in [0, 0.05) is 31.3 Å². The van der Waals surface area contributed by atoms with Crippen LogP contribution in [0.3, 0.4) is 0 Å². The number of rotatable bonds is 6. The van der Waals surface area contributed by atoms with Gasteiger partial charge in [0.05, 0.1) is 23.8 Å². The standard InChI is InChI=1S/C29H37N5O8/c1-32(2)17-11-16(31-18(35)12-34-7-5-6-8-34)23(36)20-14(17)9-13-10-15-22(33(3)4)25(38)21(28(30)41)27(40)29(15,42)26(39)19(13)24(20)37/h11,13,15,22,36,38-39,42H,5-10,12H2,1-4H3,(H2,30,41)(H,31,35)/t13?,15?,22-,29-/m0/s1. The minimum absolute atomic E-state index is 0.00624. The predicted molar refractivity (Wildman–Crippen MR) is 152 cm³/mol. The minimum Gasteiger partial charge on any atom is -0.510 e. The molecule has 0 radical (unpaired) electrons. The molecule has 0 aromatic heterocycles. The van der Waals surface area contributed by atoms with E-state index >= 15 is 0 Å². The van der Waals surface area contributed by atoms with Gasteiger partial charge in [0.2, 0.25) is 11.7 Å². The number of nitrogens with two attached hydrogens (primary N) is 1. The number of anilines is 2. The molecule has 42 heavy (non-hydrogen) atoms. The maximum Gasteiger partial charge on any atom is 0.255 e. The molecule has 1 saturated heterocycles. The van der Waals surface area contributed by atoms with Crippen molar-refractivity contribution >= 4 is 34.8 Å². The lowest BCUT2D eigenvalue weighted by Crippen LogP contribution is -2.63. The number of allylic oxidation sites excluding steroid dienone is 1. The molecule has 1 fully saturated rings. The van der Waals surface area contributed by atoms with Crippen LogP contribution < -0.4 is 16.0 Å². The zero-order valence-corrected chi connectivity index (χ0v) is 24.1. The van der Waals surface area contributed by atoms with E-state index in [1.807, 2.05) is 4.90 Å². The summed E-state index contributed by atoms with van der Waals surface area (Å²) in [6, 6.07) is 0.530. The van der Waals surface area contributed by atoms with Crippen LogP contribution in [0.5, 0.6) is 5.75 Å². The van der Waals surface area contributed by atoms with Crippen molar-refractivity contribution in [2.75, 3.05) is 58.0 Å². The third kappa shape index (κ3) is 4.34. The number of phenols is 1. The molecule has 0 bridgehead atoms. The fourth-order valence-corrected chi connectivity index (χ4v) is 7.13. The zero-order valence-electron chi connectivity index (χ0n) is 24.1. The van der Waals surface area contributed by atoms with E-state index in [9.17, 15) is 39.6 Å². The highest BCUT2D eigenvalue weighted by Gasteiger charge is 2.63. The van der Waals surface area contributed by atoms with E-state index in [4.69, 9.17) is 5.73 Å². The first kappa shape index (κ1) is 29.5. The lowest BCUT2D eigenvalue weighted by Gasteiger charge is -2.50. The number of amides is 2. The van der Waals surface area contributed by atoms with Gasteiger partial charge in [-0.25, -0.2) is 0 Å². The Morgan fingerprint density at radius 2 is 1.76 bits per heavy atom. The third-order valence-corrected chi connectivity index (χ3v) is 9.02. The number of fused-ring (bicyclic) bond motifs is 3. The van der Waals surface area contributed by atoms with Gasteiger partial charge in [-0.2, -0.15) is 0 Å². The fourth-order valence-electron chi connectivity index (χ4n) is 7.13. The third-order valence-electron chi connectivity index (χ3n) is 9.02. The van der Waals surface area contributed by atoms with E-state index in [-0.39, 0.29) is 42.1 Å². The van der Waals surface area contributed by atoms with Gasteiger partial charge in [-0.05, 0) is 70.4 Å². The highest BCUT2D eigenvalue weighted by Crippen LogP contribution is 2.53. The molecule has 1 heterocycles. The average molecular weight is 584 g/mol. The number of carbonyl (C=O) groups excluding carboxylic acids is 4. The lowest BCUT2D eigenvalue weighted by molar-refractivity contribution is -0.148. The number of hydrogen-bond donors (Lipinski definition) is 6. The van der Waals surface area contributed by atoms with Gasteiger partial charge in [-0.15, -0.1) is 0 Å². The molecule has 13 nitrogen and oxygen atoms in total. The number of nitrogens with one attached hydrogen (secondary N) is 1. The Kier molecular flexibility index (Phi) is 7.32. The van der Waals surface area contributed by atoms with Crippen molar-refractivity contribution in [2.45, 2.75) is 37.3 Å². The van der Waals surface area contributed by atoms with Crippen molar-refractivity contribution in [2.24, 2.45) is 17.6 Å². The molecule has 5 rings (SSSR count). The minimum atomic E-state index is -2.72. The molecule has 13 heteroatoms. The normalized spacial score (nSPS) is 27.6. The Bertz CT molecular complexity index is 1460. The quantitative estimate of drug-likeness (QED) is 0.198. The number of Topliss-reactive ketones (excluding diaryl/α,β-unsaturated/α-hetero) is 2. The summed E-state index contributed by atoms with van der Waals surface area (Å²) < 4.78 is 0. The molecule has 4 aliphatic rings. The molecule has 2 amide bonds. The molecular weight excluding hydrogens is 546 g/mol. The summed E-state index contributed by atoms with van der Waals surface area (Å²) in [6.07, 6.45) is 2.14. The van der Waals surface area contributed by atoms with Gasteiger partial charge in [0.1, 0.15) is 17.1 Å². The second kappa shape index (κ2) is 10.4. The number of phenolic OH excluding ortho intramolecular Hbond substituents is 1. The fraction of sp³-hybridized carbons (Fsp3) is 0.517. The number of likely N-dealkylation sites (tertiary alicyclic amines) is 1. The SMILES string of the molecule is CN(C)c1cc(NC(=O)CN2CCCC2)c(O)c2c1CC1CC3[C@H](N(C)C)C(O)=C(C(N)=O)C(=O)[C@@]3(O)C(O)=C1C2=O. The van der Waals surface area contributed by atoms with Crippen LogP contribution in [0.2, 0.25) is 0 Å². The van der Waals surface area contributed by atoms with Crippen LogP contribution in [0.15, 0.2) is 28.7 Å². The van der Waals surface area contributed by atoms with E-state index < -0.39 is 63.8 Å². The number of carbonyl (C=O) groups is 4. The summed E-state index contributed by atoms with van der Waals surface area (Å²) in [6.45, 7) is 1.71. The number of primary amides is 1. The van der Waals surface area contributed by atoms with Gasteiger partial charge in [-0.3, -0.25) is 29.0 Å². The van der Waals surface area contributed by atoms with Crippen molar-refractivity contribution in [3.63, 3.8) is 0 Å². The number of benzene rings is 1. The molecule has 1 aliphatic heterocycles. The molecule has 4 atom stereocenters. The summed E-state index contributed by atoms with van der Waals surface area (Å²) in [4.78, 5) is 57.8. The molecule has 0 saturated carbocycles. The van der Waals surface area contributed by atoms with E-state index in [2.05, 4.69) is 5.32 Å². The number of likely N-dealkylation sites (N-methyl/N-ethyl adjacent to an activating group) is 1. The van der Waals surface area contributed by atoms with Gasteiger partial charge < -0.3 is 36.4 Å². The maximum atomic E-state index is 14.1. The second-order valence-corrected chi connectivity index (χ2v) is 12.0. The predicted octanol–water partition coefficient (Wildman–Crippen LogP) is 0.221. The summed E-state index contributed by atoms with van der Waals surface area (Å²) in [7, 11) is 6.67. The van der Waals surface area contributed by atoms with E-state index in [0.717, 1.165) is 25.9 Å². The molecule has 0 spiro atoms. The molecule has 2 unspecified atom stereocenters. The van der Waals surface area contributed by atoms with Crippen molar-refractivity contribution in [3.05, 3.63) is 39.9 Å². The molecule has 3 aliphatic carbocycles. The monoisotopic (exact) mass is 583 g/mol. The number of aromatic hydroxyl groups is 1. The van der Waals surface area contributed by atoms with Crippen molar-refractivity contribution in [3.8, 4) is 5.75 Å². The Balaban J connectivity index is 1.63. The molecule has 1 aromatic rings. The average Bonchev–Trinajstić information content (AvgIpc) is 3.40. The molecule has 226 valence electrons. The van der Waals surface area contributed by atoms with Crippen LogP contribution in [0.4, 0.5) is 11.4 Å². The summed E-state index contributed by atoms with van der Waals surface area (Å²) >= 11 is 0. The Hall–Kier alpha value is -3.94. The van der Waals surface area contributed by atoms with Crippen LogP contribution in [0.1, 0.15) is 35.2 Å². The number of nitrogens with zero attached hydrogens (tertiary/aromatic N) is 3. The van der Waals surface area contributed by atoms with Crippen molar-refractivity contribution < 1.29 is 39.6 Å². The van der Waals surface area contributed by atoms with Gasteiger partial charge in [0.15, 0.2) is 17.1 Å². The highest BCUT2D eigenvalue weighted by atomic mass is 16.3. The number of ketones is 2. The van der Waals surface area contributed by atoms with Gasteiger partial charge >= 0.3 is 0 Å². The smallest absolute Gasteiger partial charge is 0.255 e. The van der Waals surface area contributed by atoms with Gasteiger partial charge in [0.25, 0.3) is 5.91 Å².